The van der Waals surface area contributed by atoms with Gasteiger partial charge in [-0.25, -0.2) is 4.99 Å². The largest absolute Gasteiger partial charge is 0.496 e. The Morgan fingerprint density at radius 1 is 1.30 bits per heavy atom. The van der Waals surface area contributed by atoms with Crippen LogP contribution in [0.4, 0.5) is 13.2 Å². The van der Waals surface area contributed by atoms with Crippen LogP contribution in [0.2, 0.25) is 5.02 Å². The van der Waals surface area contributed by atoms with Crippen LogP contribution in [0.1, 0.15) is 18.9 Å². The van der Waals surface area contributed by atoms with E-state index in [1.165, 1.54) is 7.11 Å². The van der Waals surface area contributed by atoms with Crippen molar-refractivity contribution < 1.29 is 17.9 Å². The normalized spacial score (nSPS) is 11.7. The molecule has 0 amide bonds. The standard InChI is InChI=1S/C14H19ClF3N3O.HI/c1-3-19-13(20-7-6-14(16,17)18)21-9-10-4-5-11(15)8-12(10)22-2;/h4-5,8H,3,6-7,9H2,1-2H3,(H2,19,20,21);1H. The third-order valence-electron chi connectivity index (χ3n) is 2.70. The van der Waals surface area contributed by atoms with Crippen molar-refractivity contribution in [1.29, 1.82) is 0 Å². The summed E-state index contributed by atoms with van der Waals surface area (Å²) in [5.74, 6) is 0.908. The molecule has 0 unspecified atom stereocenters. The minimum absolute atomic E-state index is 0. The highest BCUT2D eigenvalue weighted by Crippen LogP contribution is 2.23. The molecule has 0 fully saturated rings. The molecular weight excluding hydrogens is 446 g/mol. The van der Waals surface area contributed by atoms with Crippen molar-refractivity contribution in [2.75, 3.05) is 20.2 Å². The molecule has 2 N–H and O–H groups in total. The Labute approximate surface area is 155 Å². The number of alkyl halides is 3. The molecule has 9 heteroatoms. The molecule has 0 heterocycles. The Morgan fingerprint density at radius 2 is 2.00 bits per heavy atom. The summed E-state index contributed by atoms with van der Waals surface area (Å²) in [6, 6.07) is 5.14. The molecule has 1 aromatic rings. The Morgan fingerprint density at radius 3 is 2.57 bits per heavy atom. The molecule has 0 aliphatic heterocycles. The molecule has 0 atom stereocenters. The second kappa shape index (κ2) is 10.8. The zero-order valence-electron chi connectivity index (χ0n) is 12.8. The van der Waals surface area contributed by atoms with Crippen molar-refractivity contribution >= 4 is 41.5 Å². The SMILES string of the molecule is CCNC(=NCc1ccc(Cl)cc1OC)NCCC(F)(F)F.I. The minimum atomic E-state index is -4.19. The summed E-state index contributed by atoms with van der Waals surface area (Å²) in [6.07, 6.45) is -5.11. The summed E-state index contributed by atoms with van der Waals surface area (Å²) >= 11 is 5.87. The van der Waals surface area contributed by atoms with Gasteiger partial charge in [0, 0.05) is 23.7 Å². The first-order valence-electron chi connectivity index (χ1n) is 6.77. The topological polar surface area (TPSA) is 45.7 Å². The number of halogens is 5. The van der Waals surface area contributed by atoms with E-state index in [4.69, 9.17) is 16.3 Å². The number of nitrogens with one attached hydrogen (secondary N) is 2. The predicted molar refractivity (Wildman–Crippen MR) is 96.9 cm³/mol. The summed E-state index contributed by atoms with van der Waals surface area (Å²) in [5, 5.41) is 6.08. The maximum absolute atomic E-state index is 12.1. The molecular formula is C14H20ClF3IN3O. The molecule has 1 rings (SSSR count). The Kier molecular flexibility index (Phi) is 10.4. The van der Waals surface area contributed by atoms with Gasteiger partial charge in [-0.05, 0) is 19.1 Å². The van der Waals surface area contributed by atoms with Gasteiger partial charge in [0.05, 0.1) is 20.1 Å². The van der Waals surface area contributed by atoms with Crippen molar-refractivity contribution in [3.8, 4) is 5.75 Å². The van der Waals surface area contributed by atoms with Crippen LogP contribution in [0.5, 0.6) is 5.75 Å². The molecule has 0 saturated carbocycles. The third kappa shape index (κ3) is 9.09. The summed E-state index contributed by atoms with van der Waals surface area (Å²) in [6.45, 7) is 2.42. The van der Waals surface area contributed by atoms with Crippen LogP contribution in [0.15, 0.2) is 23.2 Å². The van der Waals surface area contributed by atoms with E-state index in [-0.39, 0.29) is 37.1 Å². The van der Waals surface area contributed by atoms with Gasteiger partial charge >= 0.3 is 6.18 Å². The van der Waals surface area contributed by atoms with Gasteiger partial charge in [-0.15, -0.1) is 24.0 Å². The van der Waals surface area contributed by atoms with Crippen molar-refractivity contribution in [2.24, 2.45) is 4.99 Å². The van der Waals surface area contributed by atoms with E-state index in [1.807, 2.05) is 6.92 Å². The first-order valence-corrected chi connectivity index (χ1v) is 7.15. The molecule has 0 saturated heterocycles. The van der Waals surface area contributed by atoms with Crippen LogP contribution in [0, 0.1) is 0 Å². The molecule has 23 heavy (non-hydrogen) atoms. The van der Waals surface area contributed by atoms with Gasteiger partial charge in [0.1, 0.15) is 5.75 Å². The summed E-state index contributed by atoms with van der Waals surface area (Å²) in [5.41, 5.74) is 0.792. The van der Waals surface area contributed by atoms with Crippen molar-refractivity contribution in [3.63, 3.8) is 0 Å². The quantitative estimate of drug-likeness (QED) is 0.380. The zero-order chi connectivity index (χ0) is 16.6. The number of benzene rings is 1. The second-order valence-electron chi connectivity index (χ2n) is 4.44. The first kappa shape index (κ1) is 22.1. The minimum Gasteiger partial charge on any atom is -0.496 e. The van der Waals surface area contributed by atoms with Crippen LogP contribution < -0.4 is 15.4 Å². The van der Waals surface area contributed by atoms with Gasteiger partial charge in [0.2, 0.25) is 0 Å². The highest BCUT2D eigenvalue weighted by molar-refractivity contribution is 14.0. The number of rotatable bonds is 6. The van der Waals surface area contributed by atoms with Crippen molar-refractivity contribution in [3.05, 3.63) is 28.8 Å². The monoisotopic (exact) mass is 465 g/mol. The molecule has 4 nitrogen and oxygen atoms in total. The van der Waals surface area contributed by atoms with E-state index in [0.29, 0.717) is 23.3 Å². The molecule has 0 spiro atoms. The number of guanidine groups is 1. The van der Waals surface area contributed by atoms with E-state index in [2.05, 4.69) is 15.6 Å². The van der Waals surface area contributed by atoms with E-state index in [1.54, 1.807) is 18.2 Å². The van der Waals surface area contributed by atoms with Crippen LogP contribution >= 0.6 is 35.6 Å². The molecule has 0 radical (unpaired) electrons. The van der Waals surface area contributed by atoms with E-state index in [0.717, 1.165) is 5.56 Å². The van der Waals surface area contributed by atoms with Gasteiger partial charge in [0.25, 0.3) is 0 Å². The van der Waals surface area contributed by atoms with Crippen LogP contribution in [0.25, 0.3) is 0 Å². The number of hydrogen-bond acceptors (Lipinski definition) is 2. The maximum atomic E-state index is 12.1. The van der Waals surface area contributed by atoms with Crippen LogP contribution in [-0.2, 0) is 6.54 Å². The fraction of sp³-hybridized carbons (Fsp3) is 0.500. The average Bonchev–Trinajstić information content (AvgIpc) is 2.44. The molecule has 0 aromatic heterocycles. The fourth-order valence-electron chi connectivity index (χ4n) is 1.68. The van der Waals surface area contributed by atoms with Crippen LogP contribution in [0.3, 0.4) is 0 Å². The predicted octanol–water partition coefficient (Wildman–Crippen LogP) is 3.97. The number of aliphatic imine (C=N–C) groups is 1. The molecule has 0 aliphatic carbocycles. The number of ether oxygens (including phenoxy) is 1. The fourth-order valence-corrected chi connectivity index (χ4v) is 1.84. The molecule has 0 bridgehead atoms. The van der Waals surface area contributed by atoms with Gasteiger partial charge in [-0.3, -0.25) is 0 Å². The molecule has 132 valence electrons. The number of hydrogen-bond donors (Lipinski definition) is 2. The van der Waals surface area contributed by atoms with Crippen molar-refractivity contribution in [1.82, 2.24) is 10.6 Å². The highest BCUT2D eigenvalue weighted by atomic mass is 127. The van der Waals surface area contributed by atoms with E-state index < -0.39 is 12.6 Å². The Hall–Kier alpha value is -0.900. The van der Waals surface area contributed by atoms with Gasteiger partial charge in [0.15, 0.2) is 5.96 Å². The summed E-state index contributed by atoms with van der Waals surface area (Å²) < 4.78 is 41.7. The third-order valence-corrected chi connectivity index (χ3v) is 2.94. The van der Waals surface area contributed by atoms with Gasteiger partial charge < -0.3 is 15.4 Å². The lowest BCUT2D eigenvalue weighted by molar-refractivity contribution is -0.132. The lowest BCUT2D eigenvalue weighted by atomic mass is 10.2. The number of methoxy groups -OCH3 is 1. The summed E-state index contributed by atoms with van der Waals surface area (Å²) in [7, 11) is 1.52. The number of nitrogens with zero attached hydrogens (tertiary/aromatic N) is 1. The smallest absolute Gasteiger partial charge is 0.390 e. The van der Waals surface area contributed by atoms with E-state index >= 15 is 0 Å². The second-order valence-corrected chi connectivity index (χ2v) is 4.88. The average molecular weight is 466 g/mol. The lowest BCUT2D eigenvalue weighted by Gasteiger charge is -2.13. The molecule has 1 aromatic carbocycles. The van der Waals surface area contributed by atoms with Gasteiger partial charge in [-0.2, -0.15) is 13.2 Å². The van der Waals surface area contributed by atoms with Crippen LogP contribution in [-0.4, -0.2) is 32.3 Å². The maximum Gasteiger partial charge on any atom is 0.390 e. The zero-order valence-corrected chi connectivity index (χ0v) is 15.9. The van der Waals surface area contributed by atoms with Gasteiger partial charge in [-0.1, -0.05) is 17.7 Å². The Bertz CT molecular complexity index is 513. The first-order chi connectivity index (χ1) is 10.4. The Balaban J connectivity index is 0.00000484. The highest BCUT2D eigenvalue weighted by Gasteiger charge is 2.26. The van der Waals surface area contributed by atoms with E-state index in [9.17, 15) is 13.2 Å². The summed E-state index contributed by atoms with van der Waals surface area (Å²) in [4.78, 5) is 4.25. The van der Waals surface area contributed by atoms with Crippen molar-refractivity contribution in [2.45, 2.75) is 26.1 Å². The molecule has 0 aliphatic rings. The lowest BCUT2D eigenvalue weighted by Crippen LogP contribution is -2.38.